The van der Waals surface area contributed by atoms with Gasteiger partial charge in [0, 0.05) is 28.8 Å². The van der Waals surface area contributed by atoms with Crippen LogP contribution >= 0.6 is 0 Å². The maximum absolute atomic E-state index is 8.67. The highest BCUT2D eigenvalue weighted by atomic mass is 14.7. The standard InChI is InChI=1S/C10H8N2.C8H7N/c1-7-6-12-10-3-2-8(5-11)4-9(7)10;1-2-4-8-7(3-1)5-6-9-8/h2-4,6,12H,1H3;1-6,9H. The fourth-order valence-electron chi connectivity index (χ4n) is 2.32. The molecular weight excluding hydrogens is 258 g/mol. The molecule has 0 saturated heterocycles. The molecule has 2 heterocycles. The van der Waals surface area contributed by atoms with E-state index in [1.807, 2.05) is 49.6 Å². The van der Waals surface area contributed by atoms with Crippen molar-refractivity contribution in [2.75, 3.05) is 0 Å². The number of H-pyrrole nitrogens is 2. The Hall–Kier alpha value is -2.99. The zero-order chi connectivity index (χ0) is 14.7. The van der Waals surface area contributed by atoms with Gasteiger partial charge in [-0.05, 0) is 48.2 Å². The number of fused-ring (bicyclic) bond motifs is 2. The largest absolute Gasteiger partial charge is 0.361 e. The van der Waals surface area contributed by atoms with Crippen molar-refractivity contribution in [2.24, 2.45) is 0 Å². The quantitative estimate of drug-likeness (QED) is 0.486. The summed E-state index contributed by atoms with van der Waals surface area (Å²) in [5.74, 6) is 0. The van der Waals surface area contributed by atoms with Crippen molar-refractivity contribution in [2.45, 2.75) is 6.92 Å². The molecule has 0 aliphatic carbocycles. The minimum Gasteiger partial charge on any atom is -0.361 e. The second-order valence-electron chi connectivity index (χ2n) is 4.91. The number of nitrogens with zero attached hydrogens (tertiary/aromatic N) is 1. The number of rotatable bonds is 0. The molecule has 0 aliphatic rings. The second-order valence-corrected chi connectivity index (χ2v) is 4.91. The summed E-state index contributed by atoms with van der Waals surface area (Å²) in [5, 5.41) is 11.1. The molecular formula is C18H15N3. The Kier molecular flexibility index (Phi) is 3.44. The van der Waals surface area contributed by atoms with Gasteiger partial charge in [-0.25, -0.2) is 0 Å². The van der Waals surface area contributed by atoms with Crippen LogP contribution in [0.4, 0.5) is 0 Å². The lowest BCUT2D eigenvalue weighted by Crippen LogP contribution is -1.73. The van der Waals surface area contributed by atoms with Gasteiger partial charge >= 0.3 is 0 Å². The van der Waals surface area contributed by atoms with E-state index in [1.165, 1.54) is 16.5 Å². The van der Waals surface area contributed by atoms with Crippen molar-refractivity contribution < 1.29 is 0 Å². The van der Waals surface area contributed by atoms with Crippen LogP contribution in [-0.2, 0) is 0 Å². The third-order valence-corrected chi connectivity index (χ3v) is 3.48. The lowest BCUT2D eigenvalue weighted by molar-refractivity contribution is 1.43. The van der Waals surface area contributed by atoms with E-state index < -0.39 is 0 Å². The van der Waals surface area contributed by atoms with E-state index in [2.05, 4.69) is 34.2 Å². The zero-order valence-corrected chi connectivity index (χ0v) is 11.7. The summed E-state index contributed by atoms with van der Waals surface area (Å²) >= 11 is 0. The SMILES string of the molecule is Cc1c[nH]c2ccc(C#N)cc12.c1ccc2[nH]ccc2c1. The number of nitriles is 1. The van der Waals surface area contributed by atoms with Crippen molar-refractivity contribution in [1.29, 1.82) is 5.26 Å². The van der Waals surface area contributed by atoms with Crippen LogP contribution in [0.15, 0.2) is 60.9 Å². The molecule has 2 N–H and O–H groups in total. The first-order valence-electron chi connectivity index (χ1n) is 6.78. The predicted octanol–water partition coefficient (Wildman–Crippen LogP) is 4.52. The average Bonchev–Trinajstić information content (AvgIpc) is 3.14. The highest BCUT2D eigenvalue weighted by Crippen LogP contribution is 2.18. The van der Waals surface area contributed by atoms with Gasteiger partial charge in [0.25, 0.3) is 0 Å². The van der Waals surface area contributed by atoms with Gasteiger partial charge in [0.15, 0.2) is 0 Å². The molecule has 2 aromatic heterocycles. The molecule has 0 amide bonds. The second kappa shape index (κ2) is 5.56. The molecule has 0 unspecified atom stereocenters. The Balaban J connectivity index is 0.000000131. The highest BCUT2D eigenvalue weighted by molar-refractivity contribution is 5.84. The van der Waals surface area contributed by atoms with Crippen molar-refractivity contribution in [3.8, 4) is 6.07 Å². The summed E-state index contributed by atoms with van der Waals surface area (Å²) in [6, 6.07) is 18.1. The molecule has 4 aromatic rings. The van der Waals surface area contributed by atoms with Crippen LogP contribution in [0.1, 0.15) is 11.1 Å². The summed E-state index contributed by atoms with van der Waals surface area (Å²) in [4.78, 5) is 6.25. The van der Waals surface area contributed by atoms with E-state index in [4.69, 9.17) is 5.26 Å². The van der Waals surface area contributed by atoms with Crippen LogP contribution in [0.5, 0.6) is 0 Å². The maximum Gasteiger partial charge on any atom is 0.0991 e. The number of aryl methyl sites for hydroxylation is 1. The minimum absolute atomic E-state index is 0.713. The first kappa shape index (κ1) is 13.0. The van der Waals surface area contributed by atoms with E-state index in [0.29, 0.717) is 5.56 Å². The summed E-state index contributed by atoms with van der Waals surface area (Å²) in [6.45, 7) is 2.03. The first-order valence-corrected chi connectivity index (χ1v) is 6.78. The fourth-order valence-corrected chi connectivity index (χ4v) is 2.32. The maximum atomic E-state index is 8.67. The highest BCUT2D eigenvalue weighted by Gasteiger charge is 1.99. The molecule has 0 fully saturated rings. The minimum atomic E-state index is 0.713. The summed E-state index contributed by atoms with van der Waals surface area (Å²) in [6.07, 6.45) is 3.90. The summed E-state index contributed by atoms with van der Waals surface area (Å²) in [5.41, 5.74) is 4.19. The molecule has 0 saturated carbocycles. The number of aromatic nitrogens is 2. The molecule has 0 radical (unpaired) electrons. The van der Waals surface area contributed by atoms with Gasteiger partial charge in [-0.1, -0.05) is 18.2 Å². The van der Waals surface area contributed by atoms with E-state index in [1.54, 1.807) is 0 Å². The topological polar surface area (TPSA) is 55.4 Å². The van der Waals surface area contributed by atoms with Crippen LogP contribution in [0.2, 0.25) is 0 Å². The molecule has 0 spiro atoms. The number of hydrogen-bond donors (Lipinski definition) is 2. The van der Waals surface area contributed by atoms with Gasteiger partial charge in [0.1, 0.15) is 0 Å². The molecule has 4 rings (SSSR count). The molecule has 3 nitrogen and oxygen atoms in total. The van der Waals surface area contributed by atoms with Gasteiger partial charge in [-0.15, -0.1) is 0 Å². The Morgan fingerprint density at radius 3 is 2.62 bits per heavy atom. The molecule has 3 heteroatoms. The predicted molar refractivity (Wildman–Crippen MR) is 86.0 cm³/mol. The van der Waals surface area contributed by atoms with Crippen LogP contribution in [0.3, 0.4) is 0 Å². The monoisotopic (exact) mass is 273 g/mol. The number of para-hydroxylation sites is 1. The summed E-state index contributed by atoms with van der Waals surface area (Å²) in [7, 11) is 0. The van der Waals surface area contributed by atoms with E-state index in [0.717, 1.165) is 10.9 Å². The molecule has 21 heavy (non-hydrogen) atoms. The van der Waals surface area contributed by atoms with E-state index >= 15 is 0 Å². The van der Waals surface area contributed by atoms with Crippen LogP contribution < -0.4 is 0 Å². The lowest BCUT2D eigenvalue weighted by atomic mass is 10.1. The lowest BCUT2D eigenvalue weighted by Gasteiger charge is -1.91. The Morgan fingerprint density at radius 2 is 1.81 bits per heavy atom. The Labute approximate surface area is 122 Å². The third-order valence-electron chi connectivity index (χ3n) is 3.48. The molecule has 0 bridgehead atoms. The van der Waals surface area contributed by atoms with E-state index in [-0.39, 0.29) is 0 Å². The first-order chi connectivity index (χ1) is 10.3. The number of benzene rings is 2. The summed E-state index contributed by atoms with van der Waals surface area (Å²) < 4.78 is 0. The number of hydrogen-bond acceptors (Lipinski definition) is 1. The number of nitrogens with one attached hydrogen (secondary N) is 2. The van der Waals surface area contributed by atoms with Crippen molar-refractivity contribution in [3.63, 3.8) is 0 Å². The zero-order valence-electron chi connectivity index (χ0n) is 11.7. The van der Waals surface area contributed by atoms with Crippen molar-refractivity contribution in [1.82, 2.24) is 9.97 Å². The molecule has 0 atom stereocenters. The Morgan fingerprint density at radius 1 is 0.952 bits per heavy atom. The van der Waals surface area contributed by atoms with Crippen LogP contribution in [-0.4, -0.2) is 9.97 Å². The number of aromatic amines is 2. The van der Waals surface area contributed by atoms with Crippen molar-refractivity contribution >= 4 is 21.8 Å². The van der Waals surface area contributed by atoms with Gasteiger partial charge in [-0.3, -0.25) is 0 Å². The van der Waals surface area contributed by atoms with Gasteiger partial charge in [0.05, 0.1) is 11.6 Å². The molecule has 102 valence electrons. The van der Waals surface area contributed by atoms with Gasteiger partial charge in [-0.2, -0.15) is 5.26 Å². The fraction of sp³-hybridized carbons (Fsp3) is 0.0556. The molecule has 2 aromatic carbocycles. The van der Waals surface area contributed by atoms with Gasteiger partial charge < -0.3 is 9.97 Å². The smallest absolute Gasteiger partial charge is 0.0991 e. The van der Waals surface area contributed by atoms with E-state index in [9.17, 15) is 0 Å². The molecule has 0 aliphatic heterocycles. The van der Waals surface area contributed by atoms with Crippen molar-refractivity contribution in [3.05, 3.63) is 72.1 Å². The third kappa shape index (κ3) is 2.65. The Bertz CT molecular complexity index is 892. The van der Waals surface area contributed by atoms with Crippen LogP contribution in [0, 0.1) is 18.3 Å². The normalized spacial score (nSPS) is 10.1. The van der Waals surface area contributed by atoms with Crippen LogP contribution in [0.25, 0.3) is 21.8 Å². The average molecular weight is 273 g/mol. The van der Waals surface area contributed by atoms with Gasteiger partial charge in [0.2, 0.25) is 0 Å².